The predicted octanol–water partition coefficient (Wildman–Crippen LogP) is 3.07. The van der Waals surface area contributed by atoms with Crippen LogP contribution in [-0.4, -0.2) is 24.7 Å². The van der Waals surface area contributed by atoms with E-state index in [1.807, 2.05) is 0 Å². The van der Waals surface area contributed by atoms with Gasteiger partial charge in [-0.25, -0.2) is 12.8 Å². The second-order valence-electron chi connectivity index (χ2n) is 6.53. The molecule has 0 radical (unpaired) electrons. The molecular weight excluding hydrogens is 303 g/mol. The molecule has 2 fully saturated rings. The number of carbonyl (C=O) groups is 1. The molecule has 0 N–H and O–H groups in total. The first-order valence-electron chi connectivity index (χ1n) is 7.96. The first-order valence-corrected chi connectivity index (χ1v) is 9.57. The Hall–Kier alpha value is -1.23. The van der Waals surface area contributed by atoms with Gasteiger partial charge in [-0.2, -0.15) is 0 Å². The molecular formula is C17H21FO3S. The number of Topliss-reactive ketones (excluding diaryl/α,β-unsaturated/α-hetero) is 1. The summed E-state index contributed by atoms with van der Waals surface area (Å²) in [6.45, 7) is 0. The number of fused-ring (bicyclic) bond motifs is 2. The molecule has 1 aromatic rings. The van der Waals surface area contributed by atoms with Crippen LogP contribution in [0, 0.1) is 11.7 Å². The number of halogens is 1. The monoisotopic (exact) mass is 324 g/mol. The fraction of sp³-hybridized carbons (Fsp3) is 0.588. The number of aryl methyl sites for hydroxylation is 1. The number of sulfone groups is 1. The average molecular weight is 324 g/mol. The molecule has 2 saturated heterocycles. The summed E-state index contributed by atoms with van der Waals surface area (Å²) in [5, 5.41) is -0.612. The third kappa shape index (κ3) is 3.09. The van der Waals surface area contributed by atoms with E-state index in [2.05, 4.69) is 0 Å². The van der Waals surface area contributed by atoms with E-state index in [1.165, 1.54) is 12.1 Å². The first kappa shape index (κ1) is 15.7. The van der Waals surface area contributed by atoms with Gasteiger partial charge in [0.2, 0.25) is 0 Å². The van der Waals surface area contributed by atoms with Crippen LogP contribution in [0.4, 0.5) is 4.39 Å². The summed E-state index contributed by atoms with van der Waals surface area (Å²) in [4.78, 5) is 12.4. The molecule has 0 aliphatic carbocycles. The SMILES string of the molecule is O=C(CCc1ccc(F)cc1)C1CC2CCCC(C1)S2(=O)=O. The summed E-state index contributed by atoms with van der Waals surface area (Å²) in [6.07, 6.45) is 4.39. The zero-order chi connectivity index (χ0) is 15.7. The summed E-state index contributed by atoms with van der Waals surface area (Å²) >= 11 is 0. The molecule has 0 saturated carbocycles. The van der Waals surface area contributed by atoms with E-state index >= 15 is 0 Å². The normalized spacial score (nSPS) is 30.0. The Bertz CT molecular complexity index is 631. The molecule has 22 heavy (non-hydrogen) atoms. The lowest BCUT2D eigenvalue weighted by Crippen LogP contribution is -2.45. The number of carbonyl (C=O) groups excluding carboxylic acids is 1. The zero-order valence-corrected chi connectivity index (χ0v) is 13.3. The minimum absolute atomic E-state index is 0.112. The van der Waals surface area contributed by atoms with Crippen LogP contribution in [0.1, 0.15) is 44.1 Å². The average Bonchev–Trinajstić information content (AvgIpc) is 2.45. The van der Waals surface area contributed by atoms with Crippen molar-refractivity contribution in [1.82, 2.24) is 0 Å². The molecule has 2 aliphatic rings. The van der Waals surface area contributed by atoms with Crippen molar-refractivity contribution >= 4 is 15.6 Å². The van der Waals surface area contributed by atoms with Gasteiger partial charge in [-0.15, -0.1) is 0 Å². The molecule has 3 rings (SSSR count). The lowest BCUT2D eigenvalue weighted by molar-refractivity contribution is -0.123. The molecule has 3 nitrogen and oxygen atoms in total. The minimum Gasteiger partial charge on any atom is -0.299 e. The Morgan fingerprint density at radius 2 is 1.68 bits per heavy atom. The summed E-state index contributed by atoms with van der Waals surface area (Å²) in [5.74, 6) is -0.226. The highest BCUT2D eigenvalue weighted by Gasteiger charge is 2.45. The van der Waals surface area contributed by atoms with Crippen LogP contribution < -0.4 is 0 Å². The van der Waals surface area contributed by atoms with E-state index in [1.54, 1.807) is 12.1 Å². The van der Waals surface area contributed by atoms with Gasteiger partial charge in [-0.05, 0) is 49.8 Å². The van der Waals surface area contributed by atoms with Gasteiger partial charge < -0.3 is 0 Å². The molecule has 2 atom stereocenters. The fourth-order valence-corrected chi connectivity index (χ4v) is 6.33. The van der Waals surface area contributed by atoms with Crippen molar-refractivity contribution in [1.29, 1.82) is 0 Å². The molecule has 2 bridgehead atoms. The topological polar surface area (TPSA) is 51.2 Å². The van der Waals surface area contributed by atoms with E-state index in [4.69, 9.17) is 0 Å². The molecule has 2 unspecified atom stereocenters. The van der Waals surface area contributed by atoms with Crippen LogP contribution in [0.25, 0.3) is 0 Å². The lowest BCUT2D eigenvalue weighted by Gasteiger charge is -2.38. The Balaban J connectivity index is 1.60. The van der Waals surface area contributed by atoms with E-state index in [0.29, 0.717) is 38.5 Å². The maximum Gasteiger partial charge on any atom is 0.156 e. The second kappa shape index (κ2) is 6.11. The first-order chi connectivity index (χ1) is 10.5. The maximum absolute atomic E-state index is 12.9. The van der Waals surface area contributed by atoms with E-state index in [-0.39, 0.29) is 28.0 Å². The summed E-state index contributed by atoms with van der Waals surface area (Å²) < 4.78 is 37.3. The molecule has 2 heterocycles. The highest BCUT2D eigenvalue weighted by molar-refractivity contribution is 7.92. The number of hydrogen-bond donors (Lipinski definition) is 0. The molecule has 5 heteroatoms. The van der Waals surface area contributed by atoms with Crippen LogP contribution in [0.5, 0.6) is 0 Å². The van der Waals surface area contributed by atoms with Gasteiger partial charge in [0.05, 0.1) is 10.5 Å². The lowest BCUT2D eigenvalue weighted by atomic mass is 9.85. The smallest absolute Gasteiger partial charge is 0.156 e. The van der Waals surface area contributed by atoms with Crippen molar-refractivity contribution in [2.45, 2.75) is 55.4 Å². The van der Waals surface area contributed by atoms with Crippen molar-refractivity contribution in [3.05, 3.63) is 35.6 Å². The van der Waals surface area contributed by atoms with Gasteiger partial charge in [0.15, 0.2) is 9.84 Å². The van der Waals surface area contributed by atoms with Crippen LogP contribution in [-0.2, 0) is 21.1 Å². The molecule has 0 spiro atoms. The van der Waals surface area contributed by atoms with Crippen LogP contribution >= 0.6 is 0 Å². The van der Waals surface area contributed by atoms with Gasteiger partial charge in [0, 0.05) is 12.3 Å². The molecule has 0 amide bonds. The maximum atomic E-state index is 12.9. The molecule has 1 aromatic carbocycles. The highest BCUT2D eigenvalue weighted by Crippen LogP contribution is 2.40. The second-order valence-corrected chi connectivity index (χ2v) is 9.04. The van der Waals surface area contributed by atoms with Gasteiger partial charge in [-0.1, -0.05) is 18.6 Å². The molecule has 2 aliphatic heterocycles. The summed E-state index contributed by atoms with van der Waals surface area (Å²) in [5.41, 5.74) is 0.943. The minimum atomic E-state index is -3.00. The van der Waals surface area contributed by atoms with Crippen molar-refractivity contribution < 1.29 is 17.6 Å². The van der Waals surface area contributed by atoms with Gasteiger partial charge >= 0.3 is 0 Å². The quantitative estimate of drug-likeness (QED) is 0.855. The van der Waals surface area contributed by atoms with Gasteiger partial charge in [0.25, 0.3) is 0 Å². The van der Waals surface area contributed by atoms with Crippen molar-refractivity contribution in [3.8, 4) is 0 Å². The van der Waals surface area contributed by atoms with Crippen LogP contribution in [0.15, 0.2) is 24.3 Å². The van der Waals surface area contributed by atoms with Crippen molar-refractivity contribution in [2.24, 2.45) is 5.92 Å². The van der Waals surface area contributed by atoms with Gasteiger partial charge in [0.1, 0.15) is 11.6 Å². The van der Waals surface area contributed by atoms with E-state index < -0.39 is 9.84 Å². The summed E-state index contributed by atoms with van der Waals surface area (Å²) in [7, 11) is -3.00. The number of rotatable bonds is 4. The third-order valence-electron chi connectivity index (χ3n) is 5.10. The molecule has 120 valence electrons. The number of hydrogen-bond acceptors (Lipinski definition) is 3. The third-order valence-corrected chi connectivity index (χ3v) is 7.82. The van der Waals surface area contributed by atoms with E-state index in [9.17, 15) is 17.6 Å². The Labute approximate surface area is 130 Å². The number of benzene rings is 1. The fourth-order valence-electron chi connectivity index (χ4n) is 3.79. The van der Waals surface area contributed by atoms with Crippen LogP contribution in [0.3, 0.4) is 0 Å². The number of ketones is 1. The Morgan fingerprint density at radius 1 is 1.09 bits per heavy atom. The summed E-state index contributed by atoms with van der Waals surface area (Å²) in [6, 6.07) is 6.19. The van der Waals surface area contributed by atoms with Crippen molar-refractivity contribution in [2.75, 3.05) is 0 Å². The largest absolute Gasteiger partial charge is 0.299 e. The van der Waals surface area contributed by atoms with Crippen molar-refractivity contribution in [3.63, 3.8) is 0 Å². The Kier molecular flexibility index (Phi) is 4.35. The van der Waals surface area contributed by atoms with E-state index in [0.717, 1.165) is 12.0 Å². The van der Waals surface area contributed by atoms with Crippen LogP contribution in [0.2, 0.25) is 0 Å². The Morgan fingerprint density at radius 3 is 2.27 bits per heavy atom. The predicted molar refractivity (Wildman–Crippen MR) is 82.8 cm³/mol. The van der Waals surface area contributed by atoms with Gasteiger partial charge in [-0.3, -0.25) is 4.79 Å². The zero-order valence-electron chi connectivity index (χ0n) is 12.5. The highest BCUT2D eigenvalue weighted by atomic mass is 32.2. The standard InChI is InChI=1S/C17H21FO3S/c18-14-7-4-12(5-8-14)6-9-17(19)13-10-15-2-1-3-16(11-13)22(15,20)21/h4-5,7-8,13,15-16H,1-3,6,9-11H2. The molecule has 0 aromatic heterocycles.